The van der Waals surface area contributed by atoms with Gasteiger partial charge in [-0.15, -0.1) is 0 Å². The number of nitrogens with zero attached hydrogens (tertiary/aromatic N) is 2. The number of carbonyl (C=O) groups is 1. The zero-order valence-corrected chi connectivity index (χ0v) is 15.0. The molecule has 2 aliphatic heterocycles. The van der Waals surface area contributed by atoms with Gasteiger partial charge in [-0.25, -0.2) is 0 Å². The van der Waals surface area contributed by atoms with E-state index in [0.29, 0.717) is 25.5 Å². The van der Waals surface area contributed by atoms with E-state index in [9.17, 15) is 15.0 Å². The highest BCUT2D eigenvalue weighted by Gasteiger charge is 2.71. The number of ether oxygens (including phenoxy) is 1. The third-order valence-electron chi connectivity index (χ3n) is 6.58. The fourth-order valence-electron chi connectivity index (χ4n) is 5.16. The maximum absolute atomic E-state index is 13.1. The van der Waals surface area contributed by atoms with Crippen LogP contribution in [-0.2, 0) is 17.8 Å². The van der Waals surface area contributed by atoms with Gasteiger partial charge in [0.15, 0.2) is 5.69 Å². The minimum Gasteiger partial charge on any atom is -0.396 e. The molecule has 27 heavy (non-hydrogen) atoms. The van der Waals surface area contributed by atoms with Gasteiger partial charge in [-0.05, 0) is 17.4 Å². The summed E-state index contributed by atoms with van der Waals surface area (Å²) in [5.41, 5.74) is 2.82. The Morgan fingerprint density at radius 1 is 1.37 bits per heavy atom. The van der Waals surface area contributed by atoms with E-state index in [1.807, 2.05) is 30.3 Å². The molecular weight excluding hydrogens is 346 g/mol. The second-order valence-electron chi connectivity index (χ2n) is 7.82. The maximum Gasteiger partial charge on any atom is 0.274 e. The number of aliphatic hydroxyl groups is 2. The van der Waals surface area contributed by atoms with Crippen LogP contribution in [0.25, 0.3) is 0 Å². The average Bonchev–Trinajstić information content (AvgIpc) is 2.96. The quantitative estimate of drug-likeness (QED) is 0.739. The lowest BCUT2D eigenvalue weighted by Crippen LogP contribution is -2.31. The van der Waals surface area contributed by atoms with Gasteiger partial charge in [-0.2, -0.15) is 5.10 Å². The van der Waals surface area contributed by atoms with Gasteiger partial charge in [0, 0.05) is 42.8 Å². The Hall–Kier alpha value is -2.22. The van der Waals surface area contributed by atoms with Crippen LogP contribution in [0, 0.1) is 11.3 Å². The lowest BCUT2D eigenvalue weighted by atomic mass is 9.95. The minimum absolute atomic E-state index is 0.00426. The normalized spacial score (nSPS) is 31.9. The Labute approximate surface area is 157 Å². The molecule has 0 unspecified atom stereocenters. The molecule has 3 N–H and O–H groups in total. The van der Waals surface area contributed by atoms with Gasteiger partial charge >= 0.3 is 0 Å². The average molecular weight is 369 g/mol. The van der Waals surface area contributed by atoms with Gasteiger partial charge in [0.05, 0.1) is 19.3 Å². The molecule has 2 fully saturated rings. The molecule has 4 atom stereocenters. The van der Waals surface area contributed by atoms with Crippen LogP contribution in [0.4, 0.5) is 0 Å². The van der Waals surface area contributed by atoms with Crippen molar-refractivity contribution >= 4 is 5.91 Å². The summed E-state index contributed by atoms with van der Waals surface area (Å²) < 4.78 is 5.48. The van der Waals surface area contributed by atoms with Gasteiger partial charge in [0.25, 0.3) is 5.91 Å². The summed E-state index contributed by atoms with van der Waals surface area (Å²) in [6.07, 6.45) is 0.0695. The van der Waals surface area contributed by atoms with Gasteiger partial charge in [-0.3, -0.25) is 9.89 Å². The molecule has 1 saturated heterocycles. The number of amides is 1. The van der Waals surface area contributed by atoms with E-state index < -0.39 is 11.5 Å². The number of rotatable bonds is 3. The smallest absolute Gasteiger partial charge is 0.274 e. The molecule has 3 aliphatic rings. The topological polar surface area (TPSA) is 98.7 Å². The number of fused-ring (bicyclic) bond motifs is 1. The summed E-state index contributed by atoms with van der Waals surface area (Å²) >= 11 is 0. The Morgan fingerprint density at radius 2 is 2.19 bits per heavy atom. The molecule has 0 radical (unpaired) electrons. The van der Waals surface area contributed by atoms with Crippen LogP contribution < -0.4 is 0 Å². The van der Waals surface area contributed by atoms with Crippen LogP contribution in [0.1, 0.15) is 33.2 Å². The molecular formula is C20H23N3O4. The van der Waals surface area contributed by atoms with E-state index in [4.69, 9.17) is 4.74 Å². The number of benzene rings is 1. The van der Waals surface area contributed by atoms with Crippen molar-refractivity contribution in [1.82, 2.24) is 15.1 Å². The molecule has 1 saturated carbocycles. The van der Waals surface area contributed by atoms with Gasteiger partial charge in [-0.1, -0.05) is 30.3 Å². The van der Waals surface area contributed by atoms with Crippen molar-refractivity contribution < 1.29 is 19.7 Å². The number of aromatic nitrogens is 2. The van der Waals surface area contributed by atoms with E-state index in [1.165, 1.54) is 0 Å². The van der Waals surface area contributed by atoms with E-state index >= 15 is 0 Å². The van der Waals surface area contributed by atoms with E-state index in [2.05, 4.69) is 10.2 Å². The lowest BCUT2D eigenvalue weighted by molar-refractivity contribution is 0.0745. The molecule has 1 amide bonds. The molecule has 1 aromatic heterocycles. The largest absolute Gasteiger partial charge is 0.396 e. The predicted octanol–water partition coefficient (Wildman–Crippen LogP) is 0.691. The standard InChI is InChI=1S/C20H23N3O4/c24-9-14-17(12-4-2-1-3-5-12)20(14)11-23(8-16(20)25)19(26)18-13-10-27-7-6-15(13)21-22-18/h1-5,14,16-17,24-25H,6-11H2,(H,21,22)/t14-,16-,17-,20-/m1/s1. The molecule has 7 heteroatoms. The van der Waals surface area contributed by atoms with Gasteiger partial charge in [0.1, 0.15) is 0 Å². The van der Waals surface area contributed by atoms with Crippen molar-refractivity contribution in [2.24, 2.45) is 11.3 Å². The number of nitrogens with one attached hydrogen (secondary N) is 1. The first kappa shape index (κ1) is 16.9. The summed E-state index contributed by atoms with van der Waals surface area (Å²) in [6.45, 7) is 1.72. The number of aliphatic hydroxyl groups excluding tert-OH is 2. The van der Waals surface area contributed by atoms with Gasteiger partial charge in [0.2, 0.25) is 0 Å². The van der Waals surface area contributed by atoms with Crippen molar-refractivity contribution in [2.45, 2.75) is 25.0 Å². The fraction of sp³-hybridized carbons (Fsp3) is 0.500. The highest BCUT2D eigenvalue weighted by molar-refractivity contribution is 5.94. The van der Waals surface area contributed by atoms with Crippen LogP contribution in [-0.4, -0.2) is 63.6 Å². The van der Waals surface area contributed by atoms with Crippen LogP contribution in [0.5, 0.6) is 0 Å². The molecule has 5 rings (SSSR count). The van der Waals surface area contributed by atoms with Gasteiger partial charge < -0.3 is 19.8 Å². The zero-order valence-electron chi connectivity index (χ0n) is 15.0. The molecule has 1 aliphatic carbocycles. The molecule has 3 heterocycles. The third kappa shape index (κ3) is 2.38. The SMILES string of the molecule is O=C(c1n[nH]c2c1COCC2)N1C[C@@H](O)[C@@]2(C1)[C@H](CO)[C@H]2c1ccccc1. The minimum atomic E-state index is -0.658. The molecule has 2 aromatic rings. The van der Waals surface area contributed by atoms with E-state index in [1.54, 1.807) is 4.90 Å². The highest BCUT2D eigenvalue weighted by Crippen LogP contribution is 2.68. The summed E-state index contributed by atoms with van der Waals surface area (Å²) in [6, 6.07) is 9.95. The van der Waals surface area contributed by atoms with Crippen molar-refractivity contribution in [2.75, 3.05) is 26.3 Å². The number of likely N-dealkylation sites (tertiary alicyclic amines) is 1. The van der Waals surface area contributed by atoms with E-state index in [0.717, 1.165) is 23.2 Å². The predicted molar refractivity (Wildman–Crippen MR) is 96.0 cm³/mol. The first-order valence-electron chi connectivity index (χ1n) is 9.44. The van der Waals surface area contributed by atoms with Crippen LogP contribution >= 0.6 is 0 Å². The summed E-state index contributed by atoms with van der Waals surface area (Å²) in [5.74, 6) is -0.151. The number of hydrogen-bond acceptors (Lipinski definition) is 5. The molecule has 0 bridgehead atoms. The summed E-state index contributed by atoms with van der Waals surface area (Å²) in [7, 11) is 0. The molecule has 7 nitrogen and oxygen atoms in total. The Kier molecular flexibility index (Phi) is 3.86. The molecule has 1 aromatic carbocycles. The Morgan fingerprint density at radius 3 is 2.96 bits per heavy atom. The number of aromatic amines is 1. The van der Waals surface area contributed by atoms with Crippen LogP contribution in [0.2, 0.25) is 0 Å². The first-order chi connectivity index (χ1) is 13.2. The third-order valence-corrected chi connectivity index (χ3v) is 6.58. The first-order valence-corrected chi connectivity index (χ1v) is 9.44. The monoisotopic (exact) mass is 369 g/mol. The maximum atomic E-state index is 13.1. The zero-order chi connectivity index (χ0) is 18.6. The van der Waals surface area contributed by atoms with Crippen LogP contribution in [0.15, 0.2) is 30.3 Å². The molecule has 1 spiro atoms. The van der Waals surface area contributed by atoms with Crippen molar-refractivity contribution in [3.8, 4) is 0 Å². The van der Waals surface area contributed by atoms with Crippen molar-refractivity contribution in [3.63, 3.8) is 0 Å². The Bertz CT molecular complexity index is 867. The fourth-order valence-corrected chi connectivity index (χ4v) is 5.16. The number of β-amino-alcohol motifs (C(OH)–C–C–N with tert-alkyl or cyclic N) is 1. The second kappa shape index (κ2) is 6.15. The summed E-state index contributed by atoms with van der Waals surface area (Å²) in [5, 5.41) is 27.9. The number of H-pyrrole nitrogens is 1. The summed E-state index contributed by atoms with van der Waals surface area (Å²) in [4.78, 5) is 14.8. The van der Waals surface area contributed by atoms with E-state index in [-0.39, 0.29) is 30.9 Å². The number of hydrogen-bond donors (Lipinski definition) is 3. The highest BCUT2D eigenvalue weighted by atomic mass is 16.5. The Balaban J connectivity index is 1.41. The van der Waals surface area contributed by atoms with Crippen LogP contribution in [0.3, 0.4) is 0 Å². The lowest BCUT2D eigenvalue weighted by Gasteiger charge is -2.17. The molecule has 142 valence electrons. The number of carbonyl (C=O) groups excluding carboxylic acids is 1. The van der Waals surface area contributed by atoms with Crippen molar-refractivity contribution in [1.29, 1.82) is 0 Å². The second-order valence-corrected chi connectivity index (χ2v) is 7.82. The van der Waals surface area contributed by atoms with Crippen molar-refractivity contribution in [3.05, 3.63) is 52.8 Å².